The number of nitrogens with one attached hydrogen (secondary N) is 1. The summed E-state index contributed by atoms with van der Waals surface area (Å²) in [7, 11) is -2.65. The van der Waals surface area contributed by atoms with Gasteiger partial charge in [-0.25, -0.2) is 13.9 Å². The number of sulfonamides is 1. The number of benzene rings is 2. The van der Waals surface area contributed by atoms with Gasteiger partial charge in [0.15, 0.2) is 0 Å². The van der Waals surface area contributed by atoms with E-state index in [9.17, 15) is 22.8 Å². The third kappa shape index (κ3) is 6.41. The summed E-state index contributed by atoms with van der Waals surface area (Å²) >= 11 is 0. The van der Waals surface area contributed by atoms with Crippen LogP contribution in [0.5, 0.6) is 11.5 Å². The standard InChI is InChI=1S/C22H29FN2O6S/c1-16(2)21(22(26)24-27)25(15-17-6-4-7-19(14-17)30-3)32(28,29)20-10-8-18(9-11-20)31-13-5-12-23/h4,6-11,14,16,21,27H,5,12-13,15H2,1-3H3,(H,24,26)/t21-/m1/s1. The number of halogens is 1. The lowest BCUT2D eigenvalue weighted by Gasteiger charge is -2.32. The van der Waals surface area contributed by atoms with Crippen LogP contribution in [0.1, 0.15) is 25.8 Å². The molecule has 2 N–H and O–H groups in total. The molecule has 0 fully saturated rings. The van der Waals surface area contributed by atoms with Gasteiger partial charge in [-0.15, -0.1) is 0 Å². The molecule has 2 aromatic carbocycles. The zero-order valence-corrected chi connectivity index (χ0v) is 19.1. The van der Waals surface area contributed by atoms with Crippen molar-refractivity contribution in [1.82, 2.24) is 9.79 Å². The molecule has 176 valence electrons. The lowest BCUT2D eigenvalue weighted by molar-refractivity contribution is -0.134. The quantitative estimate of drug-likeness (QED) is 0.282. The van der Waals surface area contributed by atoms with Crippen molar-refractivity contribution in [3.8, 4) is 11.5 Å². The van der Waals surface area contributed by atoms with E-state index in [2.05, 4.69) is 0 Å². The fourth-order valence-electron chi connectivity index (χ4n) is 3.20. The molecule has 2 rings (SSSR count). The van der Waals surface area contributed by atoms with Crippen LogP contribution in [0, 0.1) is 5.92 Å². The van der Waals surface area contributed by atoms with Crippen molar-refractivity contribution in [3.05, 3.63) is 54.1 Å². The molecule has 0 unspecified atom stereocenters. The highest BCUT2D eigenvalue weighted by Gasteiger charge is 2.38. The summed E-state index contributed by atoms with van der Waals surface area (Å²) in [5, 5.41) is 9.24. The highest BCUT2D eigenvalue weighted by molar-refractivity contribution is 7.89. The molecule has 2 aromatic rings. The van der Waals surface area contributed by atoms with Crippen LogP contribution in [0.2, 0.25) is 0 Å². The van der Waals surface area contributed by atoms with E-state index in [0.29, 0.717) is 17.1 Å². The van der Waals surface area contributed by atoms with Crippen LogP contribution in [0.25, 0.3) is 0 Å². The molecule has 0 heterocycles. The Balaban J connectivity index is 2.45. The van der Waals surface area contributed by atoms with E-state index >= 15 is 0 Å². The molecule has 1 amide bonds. The second kappa shape index (κ2) is 11.8. The van der Waals surface area contributed by atoms with Gasteiger partial charge < -0.3 is 9.47 Å². The Morgan fingerprint density at radius 2 is 1.84 bits per heavy atom. The average molecular weight is 469 g/mol. The number of ether oxygens (including phenoxy) is 2. The van der Waals surface area contributed by atoms with Crippen LogP contribution >= 0.6 is 0 Å². The molecular formula is C22H29FN2O6S. The number of carbonyl (C=O) groups excluding carboxylic acids is 1. The van der Waals surface area contributed by atoms with Crippen molar-refractivity contribution in [2.45, 2.75) is 37.8 Å². The molecule has 0 aromatic heterocycles. The van der Waals surface area contributed by atoms with Gasteiger partial charge in [0.25, 0.3) is 5.91 Å². The van der Waals surface area contributed by atoms with Crippen LogP contribution in [0.3, 0.4) is 0 Å². The van der Waals surface area contributed by atoms with Gasteiger partial charge in [-0.3, -0.25) is 14.4 Å². The Morgan fingerprint density at radius 1 is 1.16 bits per heavy atom. The fraction of sp³-hybridized carbons (Fsp3) is 0.409. The summed E-state index contributed by atoms with van der Waals surface area (Å²) in [4.78, 5) is 12.4. The van der Waals surface area contributed by atoms with Gasteiger partial charge in [0.2, 0.25) is 10.0 Å². The van der Waals surface area contributed by atoms with Crippen molar-refractivity contribution < 1.29 is 32.3 Å². The summed E-state index contributed by atoms with van der Waals surface area (Å²) in [5.41, 5.74) is 2.18. The molecule has 0 aliphatic rings. The van der Waals surface area contributed by atoms with E-state index in [0.717, 1.165) is 4.31 Å². The SMILES string of the molecule is COc1cccc(CN([C@@H](C(=O)NO)C(C)C)S(=O)(=O)c2ccc(OCCCF)cc2)c1. The molecule has 0 saturated heterocycles. The van der Waals surface area contributed by atoms with Crippen molar-refractivity contribution in [3.63, 3.8) is 0 Å². The summed E-state index contributed by atoms with van der Waals surface area (Å²) < 4.78 is 51.0. The molecule has 0 radical (unpaired) electrons. The van der Waals surface area contributed by atoms with E-state index in [1.807, 2.05) is 0 Å². The number of hydroxylamine groups is 1. The molecule has 8 nitrogen and oxygen atoms in total. The molecule has 32 heavy (non-hydrogen) atoms. The largest absolute Gasteiger partial charge is 0.497 e. The average Bonchev–Trinajstić information content (AvgIpc) is 2.78. The third-order valence-electron chi connectivity index (χ3n) is 4.77. The van der Waals surface area contributed by atoms with Crippen LogP contribution in [-0.4, -0.2) is 50.3 Å². The Morgan fingerprint density at radius 3 is 2.41 bits per heavy atom. The Kier molecular flexibility index (Phi) is 9.42. The number of rotatable bonds is 12. The topological polar surface area (TPSA) is 105 Å². The highest BCUT2D eigenvalue weighted by atomic mass is 32.2. The lowest BCUT2D eigenvalue weighted by atomic mass is 10.0. The molecule has 0 aliphatic heterocycles. The fourth-order valence-corrected chi connectivity index (χ4v) is 4.91. The second-order valence-corrected chi connectivity index (χ2v) is 9.32. The van der Waals surface area contributed by atoms with E-state index in [1.54, 1.807) is 43.6 Å². The number of nitrogens with zero attached hydrogens (tertiary/aromatic N) is 1. The maximum absolute atomic E-state index is 13.6. The summed E-state index contributed by atoms with van der Waals surface area (Å²) in [5.74, 6) is -0.323. The second-order valence-electron chi connectivity index (χ2n) is 7.43. The Hall–Kier alpha value is -2.69. The molecule has 1 atom stereocenters. The molecular weight excluding hydrogens is 439 g/mol. The zero-order valence-electron chi connectivity index (χ0n) is 18.3. The van der Waals surface area contributed by atoms with Crippen LogP contribution in [0.4, 0.5) is 4.39 Å². The Labute approximate surface area is 188 Å². The first kappa shape index (κ1) is 25.6. The van der Waals surface area contributed by atoms with Crippen LogP contribution in [-0.2, 0) is 21.4 Å². The van der Waals surface area contributed by atoms with Crippen LogP contribution < -0.4 is 15.0 Å². The number of carbonyl (C=O) groups is 1. The van der Waals surface area contributed by atoms with Gasteiger partial charge in [0.1, 0.15) is 17.5 Å². The molecule has 10 heteroatoms. The van der Waals surface area contributed by atoms with Crippen molar-refractivity contribution in [2.75, 3.05) is 20.4 Å². The third-order valence-corrected chi connectivity index (χ3v) is 6.61. The van der Waals surface area contributed by atoms with Gasteiger partial charge in [0.05, 0.1) is 25.3 Å². The molecule has 0 bridgehead atoms. The minimum Gasteiger partial charge on any atom is -0.497 e. The van der Waals surface area contributed by atoms with Crippen molar-refractivity contribution >= 4 is 15.9 Å². The first-order chi connectivity index (χ1) is 15.2. The van der Waals surface area contributed by atoms with E-state index in [4.69, 9.17) is 9.47 Å². The maximum atomic E-state index is 13.6. The first-order valence-electron chi connectivity index (χ1n) is 10.1. The molecule has 0 saturated carbocycles. The first-order valence-corrected chi connectivity index (χ1v) is 11.6. The van der Waals surface area contributed by atoms with Crippen molar-refractivity contribution in [1.29, 1.82) is 0 Å². The van der Waals surface area contributed by atoms with E-state index in [1.165, 1.54) is 31.4 Å². The van der Waals surface area contributed by atoms with Gasteiger partial charge in [-0.1, -0.05) is 26.0 Å². The van der Waals surface area contributed by atoms with Gasteiger partial charge >= 0.3 is 0 Å². The number of hydrogen-bond acceptors (Lipinski definition) is 6. The zero-order chi connectivity index (χ0) is 23.7. The maximum Gasteiger partial charge on any atom is 0.262 e. The Bertz CT molecular complexity index is 982. The van der Waals surface area contributed by atoms with E-state index in [-0.39, 0.29) is 24.5 Å². The van der Waals surface area contributed by atoms with E-state index < -0.39 is 34.6 Å². The summed E-state index contributed by atoms with van der Waals surface area (Å²) in [6, 6.07) is 11.4. The van der Waals surface area contributed by atoms with Crippen LogP contribution in [0.15, 0.2) is 53.4 Å². The predicted molar refractivity (Wildman–Crippen MR) is 117 cm³/mol. The molecule has 0 aliphatic carbocycles. The minimum atomic E-state index is -4.16. The number of methoxy groups -OCH3 is 1. The van der Waals surface area contributed by atoms with Crippen molar-refractivity contribution in [2.24, 2.45) is 5.92 Å². The monoisotopic (exact) mass is 468 g/mol. The number of alkyl halides is 1. The summed E-state index contributed by atoms with van der Waals surface area (Å²) in [6.45, 7) is 2.93. The van der Waals surface area contributed by atoms with Gasteiger partial charge in [0, 0.05) is 13.0 Å². The summed E-state index contributed by atoms with van der Waals surface area (Å²) in [6.07, 6.45) is 0.237. The predicted octanol–water partition coefficient (Wildman–Crippen LogP) is 3.15. The smallest absolute Gasteiger partial charge is 0.262 e. The van der Waals surface area contributed by atoms with Gasteiger partial charge in [-0.2, -0.15) is 4.31 Å². The minimum absolute atomic E-state index is 0.0466. The molecule has 0 spiro atoms. The van der Waals surface area contributed by atoms with Gasteiger partial charge in [-0.05, 0) is 47.9 Å². The number of amides is 1. The number of hydrogen-bond donors (Lipinski definition) is 2. The normalized spacial score (nSPS) is 12.6. The lowest BCUT2D eigenvalue weighted by Crippen LogP contribution is -2.51. The highest BCUT2D eigenvalue weighted by Crippen LogP contribution is 2.27.